The minimum atomic E-state index is -0.301. The summed E-state index contributed by atoms with van der Waals surface area (Å²) >= 11 is 0. The highest BCUT2D eigenvalue weighted by atomic mass is 16.2. The van der Waals surface area contributed by atoms with Crippen LogP contribution in [0, 0.1) is 23.2 Å². The van der Waals surface area contributed by atoms with E-state index in [4.69, 9.17) is 0 Å². The summed E-state index contributed by atoms with van der Waals surface area (Å²) in [6, 6.07) is -0.301. The Morgan fingerprint density at radius 2 is 1.79 bits per heavy atom. The SMILES string of the molecule is CN(CC12CC3CC(CC(C3)C1)C2)C(=O)CC1C(=O)NCCN1C. The van der Waals surface area contributed by atoms with Gasteiger partial charge in [-0.1, -0.05) is 0 Å². The molecule has 0 spiro atoms. The van der Waals surface area contributed by atoms with Gasteiger partial charge in [-0.25, -0.2) is 0 Å². The van der Waals surface area contributed by atoms with Crippen LogP contribution in [-0.2, 0) is 9.59 Å². The first-order valence-electron chi connectivity index (χ1n) is 9.66. The molecular weight excluding hydrogens is 302 g/mol. The molecule has 1 heterocycles. The van der Waals surface area contributed by atoms with Gasteiger partial charge >= 0.3 is 0 Å². The third-order valence-corrected chi connectivity index (χ3v) is 7.13. The summed E-state index contributed by atoms with van der Waals surface area (Å²) < 4.78 is 0. The topological polar surface area (TPSA) is 52.7 Å². The van der Waals surface area contributed by atoms with E-state index in [1.165, 1.54) is 38.5 Å². The van der Waals surface area contributed by atoms with Gasteiger partial charge in [0, 0.05) is 26.7 Å². The Hall–Kier alpha value is -1.10. The van der Waals surface area contributed by atoms with Gasteiger partial charge in [0.25, 0.3) is 0 Å². The first-order valence-corrected chi connectivity index (χ1v) is 9.66. The third-order valence-electron chi connectivity index (χ3n) is 7.13. The number of nitrogens with one attached hydrogen (secondary N) is 1. The van der Waals surface area contributed by atoms with E-state index in [-0.39, 0.29) is 17.9 Å². The molecule has 5 fully saturated rings. The molecule has 0 aromatic rings. The van der Waals surface area contributed by atoms with Gasteiger partial charge in [-0.2, -0.15) is 0 Å². The molecule has 4 saturated carbocycles. The lowest BCUT2D eigenvalue weighted by Crippen LogP contribution is -2.56. The van der Waals surface area contributed by atoms with E-state index >= 15 is 0 Å². The number of hydrogen-bond donors (Lipinski definition) is 1. The first kappa shape index (κ1) is 16.4. The molecule has 1 saturated heterocycles. The standard InChI is InChI=1S/C19H31N3O2/c1-21-4-3-20-18(24)16(21)8-17(23)22(2)12-19-9-13-5-14(10-19)7-15(6-13)11-19/h13-16H,3-12H2,1-2H3,(H,20,24). The zero-order valence-electron chi connectivity index (χ0n) is 15.1. The van der Waals surface area contributed by atoms with Crippen molar-refractivity contribution in [2.45, 2.75) is 51.0 Å². The summed E-state index contributed by atoms with van der Waals surface area (Å²) in [5.74, 6) is 2.86. The highest BCUT2D eigenvalue weighted by Gasteiger charge is 2.51. The number of nitrogens with zero attached hydrogens (tertiary/aromatic N) is 2. The van der Waals surface area contributed by atoms with Crippen molar-refractivity contribution in [3.63, 3.8) is 0 Å². The second-order valence-corrected chi connectivity index (χ2v) is 9.16. The molecule has 1 atom stereocenters. The van der Waals surface area contributed by atoms with Crippen LogP contribution in [0.4, 0.5) is 0 Å². The zero-order valence-corrected chi connectivity index (χ0v) is 15.1. The number of amides is 2. The average molecular weight is 333 g/mol. The predicted molar refractivity (Wildman–Crippen MR) is 92.3 cm³/mol. The lowest BCUT2D eigenvalue weighted by Gasteiger charge is -2.57. The van der Waals surface area contributed by atoms with Crippen molar-refractivity contribution in [2.75, 3.05) is 33.7 Å². The van der Waals surface area contributed by atoms with E-state index in [0.29, 0.717) is 18.4 Å². The fourth-order valence-corrected chi connectivity index (χ4v) is 6.47. The Balaban J connectivity index is 1.38. The summed E-state index contributed by atoms with van der Waals surface area (Å²) in [5, 5.41) is 2.88. The minimum Gasteiger partial charge on any atom is -0.353 e. The van der Waals surface area contributed by atoms with E-state index in [0.717, 1.165) is 30.8 Å². The summed E-state index contributed by atoms with van der Waals surface area (Å²) in [7, 11) is 3.89. The molecule has 1 unspecified atom stereocenters. The van der Waals surface area contributed by atoms with Crippen LogP contribution in [0.5, 0.6) is 0 Å². The molecule has 0 aromatic heterocycles. The maximum Gasteiger partial charge on any atom is 0.237 e. The molecule has 4 bridgehead atoms. The Kier molecular flexibility index (Phi) is 4.10. The number of carbonyl (C=O) groups is 2. The van der Waals surface area contributed by atoms with Gasteiger partial charge in [0.05, 0.1) is 12.5 Å². The number of carbonyl (C=O) groups excluding carboxylic acids is 2. The molecule has 5 nitrogen and oxygen atoms in total. The Bertz CT molecular complexity index is 497. The predicted octanol–water partition coefficient (Wildman–Crippen LogP) is 1.48. The highest BCUT2D eigenvalue weighted by molar-refractivity contribution is 5.88. The monoisotopic (exact) mass is 333 g/mol. The van der Waals surface area contributed by atoms with Crippen molar-refractivity contribution in [1.29, 1.82) is 0 Å². The van der Waals surface area contributed by atoms with E-state index in [2.05, 4.69) is 5.32 Å². The van der Waals surface area contributed by atoms with E-state index in [1.54, 1.807) is 0 Å². The van der Waals surface area contributed by atoms with Crippen molar-refractivity contribution in [3.05, 3.63) is 0 Å². The Morgan fingerprint density at radius 3 is 2.33 bits per heavy atom. The van der Waals surface area contributed by atoms with Crippen molar-refractivity contribution in [2.24, 2.45) is 23.2 Å². The summed E-state index contributed by atoms with van der Waals surface area (Å²) in [6.45, 7) is 2.40. The molecular formula is C19H31N3O2. The van der Waals surface area contributed by atoms with E-state index in [9.17, 15) is 9.59 Å². The molecule has 0 radical (unpaired) electrons. The van der Waals surface area contributed by atoms with Crippen LogP contribution < -0.4 is 5.32 Å². The van der Waals surface area contributed by atoms with Gasteiger partial charge in [0.1, 0.15) is 0 Å². The normalized spacial score (nSPS) is 41.3. The van der Waals surface area contributed by atoms with Crippen LogP contribution in [0.15, 0.2) is 0 Å². The minimum absolute atomic E-state index is 0.000282. The molecule has 5 rings (SSSR count). The second kappa shape index (κ2) is 6.01. The molecule has 1 aliphatic heterocycles. The number of rotatable bonds is 4. The van der Waals surface area contributed by atoms with Crippen LogP contribution >= 0.6 is 0 Å². The first-order chi connectivity index (χ1) is 11.4. The average Bonchev–Trinajstić information content (AvgIpc) is 2.49. The molecule has 0 aromatic carbocycles. The molecule has 4 aliphatic carbocycles. The maximum atomic E-state index is 12.7. The van der Waals surface area contributed by atoms with Gasteiger partial charge in [-0.3, -0.25) is 14.5 Å². The van der Waals surface area contributed by atoms with Crippen molar-refractivity contribution in [1.82, 2.24) is 15.1 Å². The maximum absolute atomic E-state index is 12.7. The van der Waals surface area contributed by atoms with E-state index in [1.807, 2.05) is 23.9 Å². The van der Waals surface area contributed by atoms with Crippen LogP contribution in [0.2, 0.25) is 0 Å². The van der Waals surface area contributed by atoms with Gasteiger partial charge in [-0.05, 0) is 68.7 Å². The molecule has 5 heteroatoms. The summed E-state index contributed by atoms with van der Waals surface area (Å²) in [5.41, 5.74) is 0.375. The van der Waals surface area contributed by atoms with Crippen LogP contribution in [0.25, 0.3) is 0 Å². The summed E-state index contributed by atoms with van der Waals surface area (Å²) in [4.78, 5) is 28.7. The molecule has 1 N–H and O–H groups in total. The fraction of sp³-hybridized carbons (Fsp3) is 0.895. The smallest absolute Gasteiger partial charge is 0.237 e. The van der Waals surface area contributed by atoms with Crippen molar-refractivity contribution < 1.29 is 9.59 Å². The van der Waals surface area contributed by atoms with Gasteiger partial charge in [0.2, 0.25) is 11.8 Å². The third kappa shape index (κ3) is 2.96. The molecule has 24 heavy (non-hydrogen) atoms. The largest absolute Gasteiger partial charge is 0.353 e. The fourth-order valence-electron chi connectivity index (χ4n) is 6.47. The molecule has 5 aliphatic rings. The number of likely N-dealkylation sites (N-methyl/N-ethyl adjacent to an activating group) is 1. The quantitative estimate of drug-likeness (QED) is 0.848. The van der Waals surface area contributed by atoms with Gasteiger partial charge in [-0.15, -0.1) is 0 Å². The molecule has 134 valence electrons. The van der Waals surface area contributed by atoms with Crippen molar-refractivity contribution in [3.8, 4) is 0 Å². The molecule has 2 amide bonds. The summed E-state index contributed by atoms with van der Waals surface area (Å²) in [6.07, 6.45) is 8.57. The Labute approximate surface area is 145 Å². The zero-order chi connectivity index (χ0) is 16.9. The number of hydrogen-bond acceptors (Lipinski definition) is 3. The van der Waals surface area contributed by atoms with Crippen LogP contribution in [0.1, 0.15) is 44.9 Å². The van der Waals surface area contributed by atoms with E-state index < -0.39 is 0 Å². The van der Waals surface area contributed by atoms with Gasteiger partial charge in [0.15, 0.2) is 0 Å². The van der Waals surface area contributed by atoms with Gasteiger partial charge < -0.3 is 10.2 Å². The van der Waals surface area contributed by atoms with Crippen LogP contribution in [-0.4, -0.2) is 61.4 Å². The highest BCUT2D eigenvalue weighted by Crippen LogP contribution is 2.60. The lowest BCUT2D eigenvalue weighted by atomic mass is 9.49. The lowest BCUT2D eigenvalue weighted by molar-refractivity contribution is -0.140. The second-order valence-electron chi connectivity index (χ2n) is 9.16. The van der Waals surface area contributed by atoms with Crippen LogP contribution in [0.3, 0.4) is 0 Å². The van der Waals surface area contributed by atoms with Crippen molar-refractivity contribution >= 4 is 11.8 Å². The number of piperazine rings is 1. The Morgan fingerprint density at radius 1 is 1.21 bits per heavy atom.